The van der Waals surface area contributed by atoms with Crippen molar-refractivity contribution in [3.8, 4) is 23.8 Å². The topological polar surface area (TPSA) is 72.0 Å². The predicted octanol–water partition coefficient (Wildman–Crippen LogP) is 5.53. The first-order valence-corrected chi connectivity index (χ1v) is 11.5. The van der Waals surface area contributed by atoms with Crippen molar-refractivity contribution >= 4 is 22.4 Å². The van der Waals surface area contributed by atoms with E-state index in [2.05, 4.69) is 31.5 Å². The van der Waals surface area contributed by atoms with E-state index in [0.717, 1.165) is 51.3 Å². The van der Waals surface area contributed by atoms with E-state index in [4.69, 9.17) is 11.2 Å². The Hall–Kier alpha value is -3.95. The Morgan fingerprint density at radius 3 is 2.53 bits per heavy atom. The molecule has 6 rings (SSSR count). The van der Waals surface area contributed by atoms with Crippen molar-refractivity contribution in [2.75, 3.05) is 11.9 Å². The van der Waals surface area contributed by atoms with Crippen molar-refractivity contribution in [1.82, 2.24) is 20.3 Å². The highest BCUT2D eigenvalue weighted by Gasteiger charge is 2.37. The average Bonchev–Trinajstić information content (AvgIpc) is 2.84. The van der Waals surface area contributed by atoms with Gasteiger partial charge in [0.2, 0.25) is 5.82 Å². The Kier molecular flexibility index (Phi) is 6.11. The summed E-state index contributed by atoms with van der Waals surface area (Å²) in [6.07, 6.45) is 10.2. The zero-order valence-electron chi connectivity index (χ0n) is 19.4. The molecule has 3 heterocycles. The van der Waals surface area contributed by atoms with Crippen LogP contribution in [0, 0.1) is 32.1 Å². The van der Waals surface area contributed by atoms with Crippen LogP contribution in [0.15, 0.2) is 60.8 Å². The molecule has 0 bridgehead atoms. The van der Waals surface area contributed by atoms with Crippen molar-refractivity contribution in [1.29, 1.82) is 0 Å². The second-order valence-corrected chi connectivity index (χ2v) is 8.70. The van der Waals surface area contributed by atoms with Crippen LogP contribution in [-0.4, -0.2) is 27.5 Å². The van der Waals surface area contributed by atoms with Gasteiger partial charge in [0.1, 0.15) is 17.3 Å². The fraction of sp³-hybridized carbons (Fsp3) is 0.250. The minimum atomic E-state index is 0.352. The number of nitrogens with zero attached hydrogens (tertiary/aromatic N) is 3. The molecule has 2 fully saturated rings. The van der Waals surface area contributed by atoms with Gasteiger partial charge in [0, 0.05) is 23.3 Å². The third kappa shape index (κ3) is 4.57. The van der Waals surface area contributed by atoms with Crippen molar-refractivity contribution in [3.63, 3.8) is 0 Å². The normalized spacial score (nSPS) is 17.8. The van der Waals surface area contributed by atoms with Crippen LogP contribution in [0.5, 0.6) is 11.5 Å². The molecule has 1 saturated heterocycles. The minimum Gasteiger partial charge on any atom is -0.455 e. The van der Waals surface area contributed by atoms with Gasteiger partial charge in [-0.25, -0.2) is 9.97 Å². The number of rotatable bonds is 4. The van der Waals surface area contributed by atoms with Crippen LogP contribution in [0.25, 0.3) is 10.9 Å². The molecule has 1 saturated carbocycles. The average molecular weight is 450 g/mol. The summed E-state index contributed by atoms with van der Waals surface area (Å²) in [5.41, 5.74) is 3.53. The zero-order chi connectivity index (χ0) is 23.5. The van der Waals surface area contributed by atoms with E-state index in [9.17, 15) is 0 Å². The number of aryl methyl sites for hydroxylation is 2. The molecule has 2 aliphatic rings. The number of para-hydroxylation sites is 1. The van der Waals surface area contributed by atoms with E-state index in [1.54, 1.807) is 6.20 Å². The van der Waals surface area contributed by atoms with Crippen LogP contribution in [0.3, 0.4) is 0 Å². The SMILES string of the molecule is C#Cc1nc(Nc2ccc(Oc3cccnc3C)c(C)c2)c2ccccc2n1.C1CC2NCC12. The van der Waals surface area contributed by atoms with Gasteiger partial charge in [-0.15, -0.1) is 6.42 Å². The standard InChI is InChI=1S/C23H18N4O.C5H9N/c1-4-22-26-19-9-6-5-8-18(19)23(27-22)25-17-11-12-20(15(2)14-17)28-21-10-7-13-24-16(21)3;1-2-5-4(1)3-6-5/h1,5-14H,2-3H3,(H,25,26,27);4-6H,1-3H2. The van der Waals surface area contributed by atoms with Gasteiger partial charge in [-0.2, -0.15) is 0 Å². The molecule has 2 atom stereocenters. The van der Waals surface area contributed by atoms with Gasteiger partial charge >= 0.3 is 0 Å². The Bertz CT molecular complexity index is 1360. The van der Waals surface area contributed by atoms with Gasteiger partial charge in [0.05, 0.1) is 11.2 Å². The summed E-state index contributed by atoms with van der Waals surface area (Å²) >= 11 is 0. The van der Waals surface area contributed by atoms with E-state index in [1.807, 2.05) is 68.4 Å². The first kappa shape index (κ1) is 21.9. The molecule has 0 amide bonds. The summed E-state index contributed by atoms with van der Waals surface area (Å²) in [5, 5.41) is 7.60. The van der Waals surface area contributed by atoms with Crippen LogP contribution in [0.2, 0.25) is 0 Å². The number of hydrogen-bond acceptors (Lipinski definition) is 6. The largest absolute Gasteiger partial charge is 0.455 e. The molecule has 34 heavy (non-hydrogen) atoms. The Balaban J connectivity index is 0.000000343. The molecule has 6 heteroatoms. The number of anilines is 2. The lowest BCUT2D eigenvalue weighted by molar-refractivity contribution is 0.111. The van der Waals surface area contributed by atoms with Gasteiger partial charge < -0.3 is 15.4 Å². The molecule has 2 aromatic carbocycles. The molecule has 2 N–H and O–H groups in total. The number of piperidine rings is 1. The third-order valence-electron chi connectivity index (χ3n) is 6.41. The summed E-state index contributed by atoms with van der Waals surface area (Å²) in [6.45, 7) is 5.23. The van der Waals surface area contributed by atoms with E-state index in [0.29, 0.717) is 11.6 Å². The molecular formula is C28H27N5O. The van der Waals surface area contributed by atoms with Crippen LogP contribution in [-0.2, 0) is 0 Å². The number of hydrogen-bond donors (Lipinski definition) is 2. The van der Waals surface area contributed by atoms with Gasteiger partial charge in [0.15, 0.2) is 0 Å². The molecule has 0 radical (unpaired) electrons. The maximum absolute atomic E-state index is 6.01. The highest BCUT2D eigenvalue weighted by molar-refractivity contribution is 5.91. The second-order valence-electron chi connectivity index (χ2n) is 8.70. The van der Waals surface area contributed by atoms with Gasteiger partial charge in [-0.3, -0.25) is 4.98 Å². The number of fused-ring (bicyclic) bond motifs is 2. The van der Waals surface area contributed by atoms with Gasteiger partial charge in [-0.1, -0.05) is 12.1 Å². The van der Waals surface area contributed by atoms with Crippen LogP contribution in [0.4, 0.5) is 11.5 Å². The van der Waals surface area contributed by atoms with E-state index < -0.39 is 0 Å². The summed E-state index contributed by atoms with van der Waals surface area (Å²) in [6, 6.07) is 18.4. The van der Waals surface area contributed by atoms with E-state index in [-0.39, 0.29) is 0 Å². The van der Waals surface area contributed by atoms with Crippen LogP contribution < -0.4 is 15.4 Å². The second kappa shape index (κ2) is 9.50. The number of pyridine rings is 1. The maximum atomic E-state index is 6.01. The fourth-order valence-corrected chi connectivity index (χ4v) is 4.13. The van der Waals surface area contributed by atoms with Gasteiger partial charge in [0.25, 0.3) is 0 Å². The summed E-state index contributed by atoms with van der Waals surface area (Å²) in [7, 11) is 0. The molecule has 6 nitrogen and oxygen atoms in total. The lowest BCUT2D eigenvalue weighted by Gasteiger charge is -2.47. The molecule has 1 aliphatic carbocycles. The van der Waals surface area contributed by atoms with E-state index in [1.165, 1.54) is 19.4 Å². The molecule has 4 aromatic rings. The Morgan fingerprint density at radius 1 is 1.03 bits per heavy atom. The number of terminal acetylenes is 1. The van der Waals surface area contributed by atoms with Crippen molar-refractivity contribution < 1.29 is 4.74 Å². The number of benzene rings is 2. The Morgan fingerprint density at radius 2 is 1.88 bits per heavy atom. The monoisotopic (exact) mass is 449 g/mol. The molecule has 1 aliphatic heterocycles. The molecule has 170 valence electrons. The summed E-state index contributed by atoms with van der Waals surface area (Å²) in [5.74, 6) is 6.16. The maximum Gasteiger partial charge on any atom is 0.207 e. The Labute approximate surface area is 199 Å². The van der Waals surface area contributed by atoms with Crippen molar-refractivity contribution in [2.24, 2.45) is 5.92 Å². The van der Waals surface area contributed by atoms with Crippen molar-refractivity contribution in [2.45, 2.75) is 32.7 Å². The highest BCUT2D eigenvalue weighted by Crippen LogP contribution is 2.33. The fourth-order valence-electron chi connectivity index (χ4n) is 4.13. The summed E-state index contributed by atoms with van der Waals surface area (Å²) < 4.78 is 6.01. The van der Waals surface area contributed by atoms with Crippen LogP contribution >= 0.6 is 0 Å². The quantitative estimate of drug-likeness (QED) is 0.399. The number of ether oxygens (including phenoxy) is 1. The van der Waals surface area contributed by atoms with E-state index >= 15 is 0 Å². The van der Waals surface area contributed by atoms with Gasteiger partial charge in [-0.05, 0) is 93.1 Å². The van der Waals surface area contributed by atoms with Crippen molar-refractivity contribution in [3.05, 3.63) is 77.9 Å². The molecule has 2 unspecified atom stereocenters. The molecule has 0 spiro atoms. The molecule has 2 aromatic heterocycles. The predicted molar refractivity (Wildman–Crippen MR) is 135 cm³/mol. The highest BCUT2D eigenvalue weighted by atomic mass is 16.5. The lowest BCUT2D eigenvalue weighted by Crippen LogP contribution is -2.59. The summed E-state index contributed by atoms with van der Waals surface area (Å²) in [4.78, 5) is 13.1. The number of aromatic nitrogens is 3. The molecular weight excluding hydrogens is 422 g/mol. The first-order chi connectivity index (χ1) is 16.6. The lowest BCUT2D eigenvalue weighted by atomic mass is 9.74. The smallest absolute Gasteiger partial charge is 0.207 e. The first-order valence-electron chi connectivity index (χ1n) is 11.5. The zero-order valence-corrected chi connectivity index (χ0v) is 19.4. The number of nitrogens with one attached hydrogen (secondary N) is 2. The third-order valence-corrected chi connectivity index (χ3v) is 6.41. The van der Waals surface area contributed by atoms with Crippen LogP contribution in [0.1, 0.15) is 29.9 Å². The minimum absolute atomic E-state index is 0.352.